The molecule has 2 aromatic heterocycles. The fourth-order valence-corrected chi connectivity index (χ4v) is 3.23. The molecule has 3 heterocycles. The molecule has 0 aromatic carbocycles. The fourth-order valence-electron chi connectivity index (χ4n) is 3.23. The summed E-state index contributed by atoms with van der Waals surface area (Å²) >= 11 is 0. The maximum Gasteiger partial charge on any atom is 0.230 e. The summed E-state index contributed by atoms with van der Waals surface area (Å²) in [6.45, 7) is 2.73. The predicted octanol–water partition coefficient (Wildman–Crippen LogP) is 1.18. The molecule has 8 nitrogen and oxygen atoms in total. The van der Waals surface area contributed by atoms with Gasteiger partial charge < -0.3 is 10.2 Å². The lowest BCUT2D eigenvalue weighted by atomic mass is 9.86. The molecule has 0 radical (unpaired) electrons. The average molecular weight is 330 g/mol. The van der Waals surface area contributed by atoms with Gasteiger partial charge >= 0.3 is 0 Å². The van der Waals surface area contributed by atoms with Crippen molar-refractivity contribution < 1.29 is 9.59 Å². The van der Waals surface area contributed by atoms with Crippen molar-refractivity contribution in [2.24, 2.45) is 13.0 Å². The molecule has 0 unspecified atom stereocenters. The molecule has 8 heteroatoms. The van der Waals surface area contributed by atoms with Gasteiger partial charge in [0, 0.05) is 39.5 Å². The Labute approximate surface area is 140 Å². The number of nitrogens with one attached hydrogen (secondary N) is 1. The van der Waals surface area contributed by atoms with Crippen molar-refractivity contribution in [3.8, 4) is 0 Å². The van der Waals surface area contributed by atoms with Crippen molar-refractivity contribution in [3.05, 3.63) is 30.4 Å². The van der Waals surface area contributed by atoms with Gasteiger partial charge in [0.25, 0.3) is 0 Å². The maximum atomic E-state index is 12.8. The number of piperidine rings is 1. The molecule has 0 spiro atoms. The molecule has 2 amide bonds. The number of aromatic nitrogens is 4. The van der Waals surface area contributed by atoms with Crippen molar-refractivity contribution in [2.75, 3.05) is 12.4 Å². The van der Waals surface area contributed by atoms with E-state index in [4.69, 9.17) is 0 Å². The quantitative estimate of drug-likeness (QED) is 0.912. The van der Waals surface area contributed by atoms with Crippen molar-refractivity contribution in [1.29, 1.82) is 0 Å². The highest BCUT2D eigenvalue weighted by molar-refractivity contribution is 5.94. The number of hydrogen-bond donors (Lipinski definition) is 1. The topological polar surface area (TPSA) is 85.0 Å². The second-order valence-electron chi connectivity index (χ2n) is 6.05. The van der Waals surface area contributed by atoms with Gasteiger partial charge in [0.2, 0.25) is 11.8 Å². The van der Waals surface area contributed by atoms with E-state index >= 15 is 0 Å². The van der Waals surface area contributed by atoms with Crippen LogP contribution in [0.25, 0.3) is 0 Å². The second-order valence-corrected chi connectivity index (χ2v) is 6.05. The van der Waals surface area contributed by atoms with E-state index < -0.39 is 0 Å². The summed E-state index contributed by atoms with van der Waals surface area (Å²) in [5.41, 5.74) is 1.53. The molecule has 128 valence electrons. The first-order valence-electron chi connectivity index (χ1n) is 8.08. The first-order chi connectivity index (χ1) is 11.5. The molecule has 2 aromatic rings. The van der Waals surface area contributed by atoms with Crippen molar-refractivity contribution >= 4 is 17.5 Å². The molecule has 3 rings (SSSR count). The summed E-state index contributed by atoms with van der Waals surface area (Å²) in [6.07, 6.45) is 6.01. The smallest absolute Gasteiger partial charge is 0.230 e. The molecule has 1 aliphatic rings. The lowest BCUT2D eigenvalue weighted by Crippen LogP contribution is -2.45. The number of carbonyl (C=O) groups excluding carboxylic acids is 2. The van der Waals surface area contributed by atoms with Crippen LogP contribution in [-0.4, -0.2) is 43.3 Å². The number of nitrogens with zero attached hydrogens (tertiary/aromatic N) is 5. The van der Waals surface area contributed by atoms with Crippen molar-refractivity contribution in [1.82, 2.24) is 24.5 Å². The first-order valence-corrected chi connectivity index (χ1v) is 8.08. The van der Waals surface area contributed by atoms with E-state index in [1.807, 2.05) is 20.0 Å². The van der Waals surface area contributed by atoms with Crippen LogP contribution in [0.2, 0.25) is 0 Å². The molecule has 2 atom stereocenters. The highest BCUT2D eigenvalue weighted by atomic mass is 16.2. The van der Waals surface area contributed by atoms with Gasteiger partial charge in [0.15, 0.2) is 0 Å². The number of rotatable bonds is 4. The van der Waals surface area contributed by atoms with Crippen LogP contribution in [0.3, 0.4) is 0 Å². The number of hydrogen-bond acceptors (Lipinski definition) is 4. The van der Waals surface area contributed by atoms with Gasteiger partial charge in [0.1, 0.15) is 0 Å². The van der Waals surface area contributed by atoms with Crippen LogP contribution >= 0.6 is 0 Å². The van der Waals surface area contributed by atoms with E-state index in [2.05, 4.69) is 15.5 Å². The Morgan fingerprint density at radius 3 is 2.79 bits per heavy atom. The van der Waals surface area contributed by atoms with Crippen LogP contribution in [0.1, 0.15) is 31.5 Å². The van der Waals surface area contributed by atoms with Crippen molar-refractivity contribution in [2.45, 2.75) is 32.4 Å². The van der Waals surface area contributed by atoms with Crippen LogP contribution in [0.15, 0.2) is 24.7 Å². The van der Waals surface area contributed by atoms with Crippen LogP contribution in [0.5, 0.6) is 0 Å². The molecular weight excluding hydrogens is 308 g/mol. The van der Waals surface area contributed by atoms with E-state index in [-0.39, 0.29) is 23.8 Å². The summed E-state index contributed by atoms with van der Waals surface area (Å²) in [4.78, 5) is 26.6. The normalized spacial score (nSPS) is 21.1. The molecule has 1 N–H and O–H groups in total. The summed E-state index contributed by atoms with van der Waals surface area (Å²) in [5, 5.41) is 11.3. The summed E-state index contributed by atoms with van der Waals surface area (Å²) < 4.78 is 3.47. The highest BCUT2D eigenvalue weighted by Crippen LogP contribution is 2.36. The van der Waals surface area contributed by atoms with Gasteiger partial charge in [-0.25, -0.2) is 0 Å². The zero-order chi connectivity index (χ0) is 17.3. The second kappa shape index (κ2) is 6.46. The molecule has 0 aliphatic carbocycles. The van der Waals surface area contributed by atoms with Crippen molar-refractivity contribution in [3.63, 3.8) is 0 Å². The standard InChI is InChI=1S/C16H22N6O2/c1-4-22-10-11(9-18-22)19-16(24)12-5-6-14(23)20(2)15(12)13-7-8-17-21(13)3/h7-10,12,15H,4-6H2,1-3H3,(H,19,24)/t12-,15-/m0/s1. The Balaban J connectivity index is 1.84. The van der Waals surface area contributed by atoms with Gasteiger partial charge in [0.05, 0.1) is 29.5 Å². The third kappa shape index (κ3) is 2.91. The summed E-state index contributed by atoms with van der Waals surface area (Å²) in [7, 11) is 3.57. The van der Waals surface area contributed by atoms with Crippen LogP contribution in [0.4, 0.5) is 5.69 Å². The van der Waals surface area contributed by atoms with E-state index in [0.29, 0.717) is 18.5 Å². The predicted molar refractivity (Wildman–Crippen MR) is 88.0 cm³/mol. The molecule has 0 saturated carbocycles. The zero-order valence-electron chi connectivity index (χ0n) is 14.1. The lowest BCUT2D eigenvalue weighted by molar-refractivity contribution is -0.140. The van der Waals surface area contributed by atoms with Crippen LogP contribution < -0.4 is 5.32 Å². The third-order valence-electron chi connectivity index (χ3n) is 4.58. The first kappa shape index (κ1) is 16.2. The molecule has 1 aliphatic heterocycles. The van der Waals surface area contributed by atoms with Gasteiger partial charge in [-0.3, -0.25) is 19.0 Å². The molecule has 1 fully saturated rings. The minimum Gasteiger partial charge on any atom is -0.336 e. The molecule has 24 heavy (non-hydrogen) atoms. The number of aryl methyl sites for hydroxylation is 2. The van der Waals surface area contributed by atoms with Crippen LogP contribution in [0, 0.1) is 5.92 Å². The van der Waals surface area contributed by atoms with Crippen LogP contribution in [-0.2, 0) is 23.2 Å². The average Bonchev–Trinajstić information content (AvgIpc) is 3.18. The number of anilines is 1. The lowest BCUT2D eigenvalue weighted by Gasteiger charge is -2.38. The highest BCUT2D eigenvalue weighted by Gasteiger charge is 2.40. The zero-order valence-corrected chi connectivity index (χ0v) is 14.1. The Bertz CT molecular complexity index is 749. The van der Waals surface area contributed by atoms with Gasteiger partial charge in [-0.15, -0.1) is 0 Å². The minimum atomic E-state index is -0.326. The number of carbonyl (C=O) groups is 2. The largest absolute Gasteiger partial charge is 0.336 e. The number of likely N-dealkylation sites (tertiary alicyclic amines) is 1. The Kier molecular flexibility index (Phi) is 4.37. The number of amides is 2. The monoisotopic (exact) mass is 330 g/mol. The van der Waals surface area contributed by atoms with E-state index in [0.717, 1.165) is 12.2 Å². The summed E-state index contributed by atoms with van der Waals surface area (Å²) in [6, 6.07) is 1.54. The van der Waals surface area contributed by atoms with E-state index in [9.17, 15) is 9.59 Å². The van der Waals surface area contributed by atoms with E-state index in [1.54, 1.807) is 39.9 Å². The van der Waals surface area contributed by atoms with Gasteiger partial charge in [-0.1, -0.05) is 0 Å². The van der Waals surface area contributed by atoms with Gasteiger partial charge in [-0.2, -0.15) is 10.2 Å². The Morgan fingerprint density at radius 1 is 1.38 bits per heavy atom. The Morgan fingerprint density at radius 2 is 2.17 bits per heavy atom. The van der Waals surface area contributed by atoms with E-state index in [1.165, 1.54) is 0 Å². The van der Waals surface area contributed by atoms with Gasteiger partial charge in [-0.05, 0) is 19.4 Å². The molecular formula is C16H22N6O2. The SMILES string of the molecule is CCn1cc(NC(=O)[C@H]2CCC(=O)N(C)[C@@H]2c2ccnn2C)cn1. The third-order valence-corrected chi connectivity index (χ3v) is 4.58. The molecule has 1 saturated heterocycles. The maximum absolute atomic E-state index is 12.8. The molecule has 0 bridgehead atoms. The fraction of sp³-hybridized carbons (Fsp3) is 0.500. The Hall–Kier alpha value is -2.64. The minimum absolute atomic E-state index is 0.0454. The summed E-state index contributed by atoms with van der Waals surface area (Å²) in [5.74, 6) is -0.381.